The number of aliphatic imine (C=N–C) groups is 1. The lowest BCUT2D eigenvalue weighted by molar-refractivity contribution is -0.0811. The summed E-state index contributed by atoms with van der Waals surface area (Å²) in [6.45, 7) is 2.26. The first-order chi connectivity index (χ1) is 8.43. The molecule has 0 aliphatic carbocycles. The summed E-state index contributed by atoms with van der Waals surface area (Å²) < 4.78 is 28.1. The highest BCUT2D eigenvalue weighted by atomic mass is 19.3. The van der Waals surface area contributed by atoms with Crippen LogP contribution in [0.5, 0.6) is 0 Å². The summed E-state index contributed by atoms with van der Waals surface area (Å²) in [4.78, 5) is 4.12. The molecule has 1 unspecified atom stereocenters. The van der Waals surface area contributed by atoms with Crippen LogP contribution in [0.2, 0.25) is 0 Å². The summed E-state index contributed by atoms with van der Waals surface area (Å²) >= 11 is 0. The zero-order chi connectivity index (χ0) is 13.3. The van der Waals surface area contributed by atoms with E-state index in [9.17, 15) is 13.9 Å². The van der Waals surface area contributed by atoms with Crippen LogP contribution in [0.25, 0.3) is 0 Å². The van der Waals surface area contributed by atoms with Gasteiger partial charge in [0.15, 0.2) is 0 Å². The number of nitrogens with zero attached hydrogens (tertiary/aromatic N) is 1. The zero-order valence-electron chi connectivity index (χ0n) is 10.3. The number of hydrogen-bond acceptors (Lipinski definition) is 4. The van der Waals surface area contributed by atoms with Gasteiger partial charge < -0.3 is 15.8 Å². The normalized spacial score (nSPS) is 32.6. The van der Waals surface area contributed by atoms with Crippen molar-refractivity contribution in [3.8, 4) is 0 Å². The van der Waals surface area contributed by atoms with Gasteiger partial charge >= 0.3 is 5.92 Å². The van der Waals surface area contributed by atoms with Crippen molar-refractivity contribution in [2.24, 2.45) is 4.99 Å². The summed E-state index contributed by atoms with van der Waals surface area (Å²) in [7, 11) is 0. The van der Waals surface area contributed by atoms with Crippen molar-refractivity contribution in [2.45, 2.75) is 38.2 Å². The van der Waals surface area contributed by atoms with E-state index in [1.807, 2.05) is 0 Å². The molecule has 0 saturated carbocycles. The summed E-state index contributed by atoms with van der Waals surface area (Å²) in [5, 5.41) is 20.0. The van der Waals surface area contributed by atoms with Gasteiger partial charge in [-0.1, -0.05) is 0 Å². The topological polar surface area (TPSA) is 68.5 Å². The predicted molar refractivity (Wildman–Crippen MR) is 65.5 cm³/mol. The lowest BCUT2D eigenvalue weighted by Crippen LogP contribution is -2.41. The van der Waals surface area contributed by atoms with E-state index < -0.39 is 12.0 Å². The van der Waals surface area contributed by atoms with E-state index in [1.165, 1.54) is 0 Å². The van der Waals surface area contributed by atoms with Gasteiger partial charge in [-0.25, -0.2) is 0 Å². The van der Waals surface area contributed by atoms with Crippen LogP contribution in [0, 0.1) is 5.41 Å². The summed E-state index contributed by atoms with van der Waals surface area (Å²) in [5.74, 6) is -3.32. The number of alkyl halides is 2. The molecule has 2 aliphatic rings. The molecule has 2 aliphatic heterocycles. The van der Waals surface area contributed by atoms with Gasteiger partial charge in [-0.2, -0.15) is 8.78 Å². The first-order valence-corrected chi connectivity index (χ1v) is 6.04. The lowest BCUT2D eigenvalue weighted by Gasteiger charge is -2.27. The van der Waals surface area contributed by atoms with Gasteiger partial charge in [0, 0.05) is 30.0 Å². The molecule has 4 nitrogen and oxygen atoms in total. The standard InChI is InChI=1S/C12H17F2N3O/c1-7-5-9(15)8(6-17-7)11-12(13,14)10(18)3-2-4-16-11/h10,15-16,18H,2-6H2,1H3/b11-8-,15-9?. The molecule has 0 amide bonds. The number of aliphatic hydroxyl groups is 1. The largest absolute Gasteiger partial charge is 0.386 e. The van der Waals surface area contributed by atoms with Gasteiger partial charge in [0.2, 0.25) is 0 Å². The molecule has 0 aromatic rings. The fourth-order valence-corrected chi connectivity index (χ4v) is 2.24. The van der Waals surface area contributed by atoms with Crippen molar-refractivity contribution in [1.29, 1.82) is 5.41 Å². The Hall–Kier alpha value is -1.30. The minimum atomic E-state index is -3.32. The number of hydrogen-bond donors (Lipinski definition) is 3. The molecule has 2 rings (SSSR count). The molecule has 0 radical (unpaired) electrons. The Morgan fingerprint density at radius 1 is 1.50 bits per heavy atom. The van der Waals surface area contributed by atoms with Crippen molar-refractivity contribution in [3.05, 3.63) is 11.3 Å². The van der Waals surface area contributed by atoms with Gasteiger partial charge in [-0.05, 0) is 19.8 Å². The lowest BCUT2D eigenvalue weighted by atomic mass is 9.95. The van der Waals surface area contributed by atoms with Crippen LogP contribution in [0.1, 0.15) is 26.2 Å². The highest BCUT2D eigenvalue weighted by molar-refractivity contribution is 6.12. The molecule has 1 saturated heterocycles. The fraction of sp³-hybridized carbons (Fsp3) is 0.667. The first-order valence-electron chi connectivity index (χ1n) is 6.04. The molecule has 1 atom stereocenters. The molecule has 0 spiro atoms. The third-order valence-electron chi connectivity index (χ3n) is 3.31. The summed E-state index contributed by atoms with van der Waals surface area (Å²) in [5.41, 5.74) is 0.862. The Bertz CT molecular complexity index is 429. The van der Waals surface area contributed by atoms with Crippen LogP contribution in [0.3, 0.4) is 0 Å². The highest BCUT2D eigenvalue weighted by Gasteiger charge is 2.45. The van der Waals surface area contributed by atoms with Crippen LogP contribution in [-0.4, -0.2) is 41.6 Å². The summed E-state index contributed by atoms with van der Waals surface area (Å²) in [6.07, 6.45) is -0.836. The average molecular weight is 257 g/mol. The molecule has 0 aromatic heterocycles. The van der Waals surface area contributed by atoms with Crippen molar-refractivity contribution in [1.82, 2.24) is 5.32 Å². The van der Waals surface area contributed by atoms with Crippen LogP contribution in [-0.2, 0) is 0 Å². The molecule has 6 heteroatoms. The third kappa shape index (κ3) is 2.29. The Morgan fingerprint density at radius 3 is 2.89 bits per heavy atom. The van der Waals surface area contributed by atoms with E-state index in [-0.39, 0.29) is 29.9 Å². The second-order valence-corrected chi connectivity index (χ2v) is 4.77. The number of aliphatic hydroxyl groups excluding tert-OH is 1. The minimum absolute atomic E-state index is 0.0619. The van der Waals surface area contributed by atoms with Crippen LogP contribution in [0.4, 0.5) is 8.78 Å². The molecule has 18 heavy (non-hydrogen) atoms. The van der Waals surface area contributed by atoms with E-state index in [4.69, 9.17) is 5.41 Å². The number of rotatable bonds is 0. The fourth-order valence-electron chi connectivity index (χ4n) is 2.24. The molecule has 0 bridgehead atoms. The van der Waals surface area contributed by atoms with E-state index in [2.05, 4.69) is 10.3 Å². The Kier molecular flexibility index (Phi) is 3.47. The number of nitrogens with one attached hydrogen (secondary N) is 2. The van der Waals surface area contributed by atoms with Gasteiger partial charge in [0.1, 0.15) is 6.10 Å². The third-order valence-corrected chi connectivity index (χ3v) is 3.31. The SMILES string of the molecule is CC1=NC/C(=C2/NCCCC(O)C2(F)F)C(=N)C1. The van der Waals surface area contributed by atoms with Crippen LogP contribution >= 0.6 is 0 Å². The molecule has 2 heterocycles. The van der Waals surface area contributed by atoms with E-state index >= 15 is 0 Å². The zero-order valence-corrected chi connectivity index (χ0v) is 10.3. The monoisotopic (exact) mass is 257 g/mol. The second-order valence-electron chi connectivity index (χ2n) is 4.77. The maximum Gasteiger partial charge on any atom is 0.312 e. The quantitative estimate of drug-likeness (QED) is 0.615. The van der Waals surface area contributed by atoms with Crippen molar-refractivity contribution in [3.63, 3.8) is 0 Å². The Morgan fingerprint density at radius 2 is 2.22 bits per heavy atom. The molecule has 100 valence electrons. The molecular weight excluding hydrogens is 240 g/mol. The van der Waals surface area contributed by atoms with E-state index in [0.717, 1.165) is 5.71 Å². The minimum Gasteiger partial charge on any atom is -0.386 e. The van der Waals surface area contributed by atoms with E-state index in [1.54, 1.807) is 6.92 Å². The molecular formula is C12H17F2N3O. The Balaban J connectivity index is 2.42. The van der Waals surface area contributed by atoms with Gasteiger partial charge in [-0.15, -0.1) is 0 Å². The predicted octanol–water partition coefficient (Wildman–Crippen LogP) is 1.50. The van der Waals surface area contributed by atoms with Crippen molar-refractivity contribution < 1.29 is 13.9 Å². The summed E-state index contributed by atoms with van der Waals surface area (Å²) in [6, 6.07) is 0. The van der Waals surface area contributed by atoms with Crippen molar-refractivity contribution >= 4 is 11.4 Å². The van der Waals surface area contributed by atoms with Crippen LogP contribution in [0.15, 0.2) is 16.3 Å². The van der Waals surface area contributed by atoms with Gasteiger partial charge in [0.05, 0.1) is 12.2 Å². The number of halogens is 2. The average Bonchev–Trinajstić information content (AvgIpc) is 2.41. The maximum atomic E-state index is 14.1. The first kappa shape index (κ1) is 13.1. The highest BCUT2D eigenvalue weighted by Crippen LogP contribution is 2.34. The van der Waals surface area contributed by atoms with E-state index in [0.29, 0.717) is 19.4 Å². The van der Waals surface area contributed by atoms with Crippen LogP contribution < -0.4 is 5.32 Å². The second kappa shape index (κ2) is 4.76. The Labute approximate surface area is 104 Å². The van der Waals surface area contributed by atoms with Gasteiger partial charge in [0.25, 0.3) is 0 Å². The molecule has 1 fully saturated rings. The van der Waals surface area contributed by atoms with Crippen molar-refractivity contribution in [2.75, 3.05) is 13.1 Å². The van der Waals surface area contributed by atoms with Gasteiger partial charge in [-0.3, -0.25) is 4.99 Å². The maximum absolute atomic E-state index is 14.1. The smallest absolute Gasteiger partial charge is 0.312 e. The molecule has 3 N–H and O–H groups in total. The molecule has 0 aromatic carbocycles.